The first-order valence-corrected chi connectivity index (χ1v) is 4.36. The van der Waals surface area contributed by atoms with Crippen molar-refractivity contribution in [3.05, 3.63) is 12.3 Å². The number of ether oxygens (including phenoxy) is 1. The number of pyridine rings is 1. The van der Waals surface area contributed by atoms with Crippen LogP contribution in [0.2, 0.25) is 0 Å². The third-order valence-electron chi connectivity index (χ3n) is 1.51. The van der Waals surface area contributed by atoms with E-state index in [0.717, 1.165) is 0 Å². The lowest BCUT2D eigenvalue weighted by Crippen LogP contribution is -2.13. The Balaban J connectivity index is 2.84. The molecule has 76 valence electrons. The van der Waals surface area contributed by atoms with E-state index in [-0.39, 0.29) is 17.6 Å². The Bertz CT molecular complexity index is 343. The Hall–Kier alpha value is -1.49. The number of nitrogens with zero attached hydrogens (tertiary/aromatic N) is 1. The van der Waals surface area contributed by atoms with Crippen molar-refractivity contribution < 1.29 is 9.53 Å². The van der Waals surface area contributed by atoms with Gasteiger partial charge in [-0.3, -0.25) is 4.79 Å². The van der Waals surface area contributed by atoms with Gasteiger partial charge in [0.15, 0.2) is 11.6 Å². The van der Waals surface area contributed by atoms with Crippen LogP contribution in [-0.4, -0.2) is 23.9 Å². The summed E-state index contributed by atoms with van der Waals surface area (Å²) >= 11 is 5.32. The fourth-order valence-electron chi connectivity index (χ4n) is 0.881. The molecule has 0 saturated carbocycles. The van der Waals surface area contributed by atoms with Gasteiger partial charge in [0.2, 0.25) is 5.91 Å². The zero-order valence-corrected chi connectivity index (χ0v) is 8.34. The second-order valence-electron chi connectivity index (χ2n) is 2.49. The van der Waals surface area contributed by atoms with Crippen molar-refractivity contribution in [2.24, 2.45) is 0 Å². The summed E-state index contributed by atoms with van der Waals surface area (Å²) in [6.07, 6.45) is 1.43. The molecule has 1 aromatic heterocycles. The van der Waals surface area contributed by atoms with Crippen LogP contribution in [0.15, 0.2) is 12.3 Å². The average molecular weight is 216 g/mol. The predicted octanol–water partition coefficient (Wildman–Crippen LogP) is 0.850. The lowest BCUT2D eigenvalue weighted by molar-refractivity contribution is -0.113. The largest absolute Gasteiger partial charge is 0.493 e. The minimum absolute atomic E-state index is 0.104. The van der Waals surface area contributed by atoms with Crippen LogP contribution in [0.4, 0.5) is 11.5 Å². The van der Waals surface area contributed by atoms with E-state index in [1.807, 2.05) is 0 Å². The maximum absolute atomic E-state index is 10.9. The highest BCUT2D eigenvalue weighted by molar-refractivity contribution is 6.29. The SMILES string of the molecule is COc1cc(NC(=O)CCl)cnc1N. The van der Waals surface area contributed by atoms with Crippen LogP contribution >= 0.6 is 11.6 Å². The highest BCUT2D eigenvalue weighted by Gasteiger charge is 2.04. The quantitative estimate of drug-likeness (QED) is 0.733. The Morgan fingerprint density at radius 2 is 2.50 bits per heavy atom. The molecule has 0 bridgehead atoms. The van der Waals surface area contributed by atoms with Crippen LogP contribution in [-0.2, 0) is 4.79 Å². The van der Waals surface area contributed by atoms with Gasteiger partial charge < -0.3 is 15.8 Å². The number of alkyl halides is 1. The van der Waals surface area contributed by atoms with Crippen LogP contribution in [0.1, 0.15) is 0 Å². The number of carbonyl (C=O) groups excluding carboxylic acids is 1. The fourth-order valence-corrected chi connectivity index (χ4v) is 0.948. The molecule has 1 aromatic rings. The number of carbonyl (C=O) groups is 1. The van der Waals surface area contributed by atoms with E-state index in [0.29, 0.717) is 11.4 Å². The number of hydrogen-bond donors (Lipinski definition) is 2. The Kier molecular flexibility index (Phi) is 3.53. The van der Waals surface area contributed by atoms with Crippen molar-refractivity contribution in [3.8, 4) is 5.75 Å². The van der Waals surface area contributed by atoms with Crippen molar-refractivity contribution >= 4 is 29.0 Å². The van der Waals surface area contributed by atoms with E-state index in [1.54, 1.807) is 6.07 Å². The van der Waals surface area contributed by atoms with Crippen molar-refractivity contribution in [3.63, 3.8) is 0 Å². The minimum atomic E-state index is -0.305. The van der Waals surface area contributed by atoms with Crippen LogP contribution in [0.3, 0.4) is 0 Å². The van der Waals surface area contributed by atoms with Gasteiger partial charge in [0.05, 0.1) is 19.0 Å². The van der Waals surface area contributed by atoms with Gasteiger partial charge in [0.1, 0.15) is 5.88 Å². The number of nitrogens with one attached hydrogen (secondary N) is 1. The number of nitrogen functional groups attached to an aromatic ring is 1. The van der Waals surface area contributed by atoms with Gasteiger partial charge in [-0.1, -0.05) is 0 Å². The number of anilines is 2. The number of amides is 1. The summed E-state index contributed by atoms with van der Waals surface area (Å²) in [6, 6.07) is 1.58. The molecule has 1 rings (SSSR count). The lowest BCUT2D eigenvalue weighted by Gasteiger charge is -2.06. The van der Waals surface area contributed by atoms with Crippen molar-refractivity contribution in [1.29, 1.82) is 0 Å². The summed E-state index contributed by atoms with van der Waals surface area (Å²) in [7, 11) is 1.47. The smallest absolute Gasteiger partial charge is 0.239 e. The van der Waals surface area contributed by atoms with Gasteiger partial charge in [0, 0.05) is 6.07 Å². The Labute approximate surface area is 86.2 Å². The average Bonchev–Trinajstić information content (AvgIpc) is 2.20. The Morgan fingerprint density at radius 1 is 1.79 bits per heavy atom. The number of hydrogen-bond acceptors (Lipinski definition) is 4. The van der Waals surface area contributed by atoms with Gasteiger partial charge in [0.25, 0.3) is 0 Å². The zero-order chi connectivity index (χ0) is 10.6. The van der Waals surface area contributed by atoms with Crippen LogP contribution in [0.5, 0.6) is 5.75 Å². The molecule has 0 aliphatic heterocycles. The van der Waals surface area contributed by atoms with Gasteiger partial charge in [-0.05, 0) is 0 Å². The Morgan fingerprint density at radius 3 is 3.07 bits per heavy atom. The molecule has 0 fully saturated rings. The van der Waals surface area contributed by atoms with Crippen molar-refractivity contribution in [1.82, 2.24) is 4.98 Å². The maximum atomic E-state index is 10.9. The summed E-state index contributed by atoms with van der Waals surface area (Å²) < 4.78 is 4.93. The van der Waals surface area contributed by atoms with E-state index in [2.05, 4.69) is 10.3 Å². The molecule has 6 heteroatoms. The topological polar surface area (TPSA) is 77.2 Å². The summed E-state index contributed by atoms with van der Waals surface area (Å²) in [5, 5.41) is 2.52. The summed E-state index contributed by atoms with van der Waals surface area (Å²) in [6.45, 7) is 0. The third-order valence-corrected chi connectivity index (χ3v) is 1.75. The highest BCUT2D eigenvalue weighted by atomic mass is 35.5. The van der Waals surface area contributed by atoms with Crippen LogP contribution in [0, 0.1) is 0 Å². The molecule has 0 spiro atoms. The number of halogens is 1. The molecule has 0 aliphatic rings. The van der Waals surface area contributed by atoms with E-state index >= 15 is 0 Å². The number of aromatic nitrogens is 1. The first-order valence-electron chi connectivity index (χ1n) is 3.82. The summed E-state index contributed by atoms with van der Waals surface area (Å²) in [5.74, 6) is 0.279. The fraction of sp³-hybridized carbons (Fsp3) is 0.250. The second-order valence-corrected chi connectivity index (χ2v) is 2.76. The van der Waals surface area contributed by atoms with Crippen molar-refractivity contribution in [2.45, 2.75) is 0 Å². The van der Waals surface area contributed by atoms with E-state index in [9.17, 15) is 4.79 Å². The molecule has 0 radical (unpaired) electrons. The molecular formula is C8H10ClN3O2. The molecule has 0 unspecified atom stereocenters. The maximum Gasteiger partial charge on any atom is 0.239 e. The molecule has 0 aliphatic carbocycles. The predicted molar refractivity (Wildman–Crippen MR) is 54.6 cm³/mol. The van der Waals surface area contributed by atoms with Crippen LogP contribution in [0.25, 0.3) is 0 Å². The molecule has 3 N–H and O–H groups in total. The molecule has 14 heavy (non-hydrogen) atoms. The monoisotopic (exact) mass is 215 g/mol. The van der Waals surface area contributed by atoms with Gasteiger partial charge in [-0.15, -0.1) is 11.6 Å². The standard InChI is InChI=1S/C8H10ClN3O2/c1-14-6-2-5(4-11-8(6)10)12-7(13)3-9/h2,4H,3H2,1H3,(H2,10,11)(H,12,13). The second kappa shape index (κ2) is 4.66. The molecule has 0 saturated heterocycles. The number of rotatable bonds is 3. The highest BCUT2D eigenvalue weighted by Crippen LogP contribution is 2.21. The first-order chi connectivity index (χ1) is 6.67. The molecular weight excluding hydrogens is 206 g/mol. The lowest BCUT2D eigenvalue weighted by atomic mass is 10.3. The number of nitrogens with two attached hydrogens (primary N) is 1. The third kappa shape index (κ3) is 2.50. The van der Waals surface area contributed by atoms with Crippen LogP contribution < -0.4 is 15.8 Å². The molecule has 5 nitrogen and oxygen atoms in total. The molecule has 0 atom stereocenters. The number of methoxy groups -OCH3 is 1. The van der Waals surface area contributed by atoms with Crippen molar-refractivity contribution in [2.75, 3.05) is 24.0 Å². The van der Waals surface area contributed by atoms with Gasteiger partial charge in [-0.25, -0.2) is 4.98 Å². The van der Waals surface area contributed by atoms with E-state index in [1.165, 1.54) is 13.3 Å². The first kappa shape index (κ1) is 10.6. The molecule has 1 heterocycles. The molecule has 1 amide bonds. The van der Waals surface area contributed by atoms with Gasteiger partial charge >= 0.3 is 0 Å². The summed E-state index contributed by atoms with van der Waals surface area (Å²) in [4.78, 5) is 14.8. The zero-order valence-electron chi connectivity index (χ0n) is 7.58. The van der Waals surface area contributed by atoms with E-state index < -0.39 is 0 Å². The van der Waals surface area contributed by atoms with E-state index in [4.69, 9.17) is 22.1 Å². The molecule has 0 aromatic carbocycles. The van der Waals surface area contributed by atoms with Gasteiger partial charge in [-0.2, -0.15) is 0 Å². The normalized spacial score (nSPS) is 9.57. The minimum Gasteiger partial charge on any atom is -0.493 e. The summed E-state index contributed by atoms with van der Waals surface area (Å²) in [5.41, 5.74) is 5.99.